The van der Waals surface area contributed by atoms with Gasteiger partial charge < -0.3 is 0 Å². The molecular weight excluding hydrogens is 174 g/mol. The van der Waals surface area contributed by atoms with E-state index >= 15 is 0 Å². The van der Waals surface area contributed by atoms with Gasteiger partial charge in [0.2, 0.25) is 0 Å². The average molecular weight is 197 g/mol. The van der Waals surface area contributed by atoms with Crippen molar-refractivity contribution in [2.75, 3.05) is 45.9 Å². The molecule has 2 heterocycles. The Morgan fingerprint density at radius 3 is 1.86 bits per heavy atom. The van der Waals surface area contributed by atoms with Crippen molar-refractivity contribution in [3.05, 3.63) is 0 Å². The molecule has 14 heavy (non-hydrogen) atoms. The van der Waals surface area contributed by atoms with Crippen molar-refractivity contribution >= 4 is 0 Å². The van der Waals surface area contributed by atoms with E-state index in [1.54, 1.807) is 0 Å². The molecule has 0 aromatic carbocycles. The summed E-state index contributed by atoms with van der Waals surface area (Å²) in [6, 6.07) is 0.723. The minimum atomic E-state index is 0.723. The first-order chi connectivity index (χ1) is 6.75. The summed E-state index contributed by atoms with van der Waals surface area (Å²) in [7, 11) is 0. The zero-order valence-corrected chi connectivity index (χ0v) is 9.58. The maximum atomic E-state index is 2.60. The molecule has 0 bridgehead atoms. The molecule has 2 aliphatic heterocycles. The third-order valence-electron chi connectivity index (χ3n) is 3.49. The minimum Gasteiger partial charge on any atom is -0.298 e. The normalized spacial score (nSPS) is 26.8. The van der Waals surface area contributed by atoms with Crippen molar-refractivity contribution in [2.24, 2.45) is 0 Å². The monoisotopic (exact) mass is 197 g/mol. The molecule has 2 aliphatic rings. The molecule has 2 rings (SSSR count). The number of hydrogen-bond acceptors (Lipinski definition) is 3. The van der Waals surface area contributed by atoms with Gasteiger partial charge in [-0.05, 0) is 20.3 Å². The number of piperazine rings is 1. The topological polar surface area (TPSA) is 9.72 Å². The van der Waals surface area contributed by atoms with Gasteiger partial charge in [-0.25, -0.2) is 0 Å². The molecule has 82 valence electrons. The fraction of sp³-hybridized carbons (Fsp3) is 1.00. The van der Waals surface area contributed by atoms with Gasteiger partial charge in [0.25, 0.3) is 0 Å². The van der Waals surface area contributed by atoms with Crippen molar-refractivity contribution in [3.63, 3.8) is 0 Å². The predicted octanol–water partition coefficient (Wildman–Crippen LogP) is 0.676. The first-order valence-electron chi connectivity index (χ1n) is 5.94. The summed E-state index contributed by atoms with van der Waals surface area (Å²) in [6.45, 7) is 13.5. The lowest BCUT2D eigenvalue weighted by molar-refractivity contribution is 0.0371. The van der Waals surface area contributed by atoms with Crippen LogP contribution in [0.2, 0.25) is 0 Å². The van der Waals surface area contributed by atoms with Crippen molar-refractivity contribution < 1.29 is 0 Å². The fourth-order valence-electron chi connectivity index (χ4n) is 2.23. The first kappa shape index (κ1) is 10.4. The van der Waals surface area contributed by atoms with E-state index < -0.39 is 0 Å². The molecule has 0 spiro atoms. The van der Waals surface area contributed by atoms with Gasteiger partial charge in [0.15, 0.2) is 0 Å². The van der Waals surface area contributed by atoms with Crippen LogP contribution >= 0.6 is 0 Å². The summed E-state index contributed by atoms with van der Waals surface area (Å²) >= 11 is 0. The fourth-order valence-corrected chi connectivity index (χ4v) is 2.23. The zero-order chi connectivity index (χ0) is 9.97. The molecule has 0 atom stereocenters. The van der Waals surface area contributed by atoms with Gasteiger partial charge in [0.05, 0.1) is 6.67 Å². The van der Waals surface area contributed by atoms with Crippen LogP contribution in [0.4, 0.5) is 0 Å². The van der Waals surface area contributed by atoms with Gasteiger partial charge in [0, 0.05) is 45.3 Å². The van der Waals surface area contributed by atoms with Gasteiger partial charge in [0.1, 0.15) is 0 Å². The molecule has 0 aromatic rings. The molecule has 2 fully saturated rings. The van der Waals surface area contributed by atoms with E-state index in [0.29, 0.717) is 0 Å². The maximum Gasteiger partial charge on any atom is 0.0507 e. The third-order valence-corrected chi connectivity index (χ3v) is 3.49. The Hall–Kier alpha value is -0.120. The Morgan fingerprint density at radius 2 is 1.43 bits per heavy atom. The van der Waals surface area contributed by atoms with Gasteiger partial charge in [-0.15, -0.1) is 0 Å². The highest BCUT2D eigenvalue weighted by Crippen LogP contribution is 2.10. The third kappa shape index (κ3) is 2.47. The van der Waals surface area contributed by atoms with E-state index in [1.807, 2.05) is 0 Å². The second-order valence-electron chi connectivity index (χ2n) is 4.86. The van der Waals surface area contributed by atoms with Crippen LogP contribution in [0.15, 0.2) is 0 Å². The van der Waals surface area contributed by atoms with Gasteiger partial charge in [-0.1, -0.05) is 0 Å². The van der Waals surface area contributed by atoms with Crippen molar-refractivity contribution in [1.82, 2.24) is 14.7 Å². The molecular formula is C11H23N3. The van der Waals surface area contributed by atoms with E-state index in [0.717, 1.165) is 6.04 Å². The molecule has 0 aliphatic carbocycles. The van der Waals surface area contributed by atoms with Crippen LogP contribution in [0.1, 0.15) is 20.3 Å². The second kappa shape index (κ2) is 4.60. The first-order valence-corrected chi connectivity index (χ1v) is 5.94. The highest BCUT2D eigenvalue weighted by molar-refractivity contribution is 4.76. The minimum absolute atomic E-state index is 0.723. The molecule has 3 nitrogen and oxygen atoms in total. The SMILES string of the molecule is CC(C)N1CCN(CN2CCC2)CC1. The summed E-state index contributed by atoms with van der Waals surface area (Å²) < 4.78 is 0. The molecule has 0 radical (unpaired) electrons. The Kier molecular flexibility index (Phi) is 3.42. The highest BCUT2D eigenvalue weighted by Gasteiger charge is 2.22. The van der Waals surface area contributed by atoms with Gasteiger partial charge >= 0.3 is 0 Å². The Labute approximate surface area is 87.7 Å². The highest BCUT2D eigenvalue weighted by atomic mass is 15.4. The molecule has 2 saturated heterocycles. The Balaban J connectivity index is 1.67. The van der Waals surface area contributed by atoms with Crippen molar-refractivity contribution in [1.29, 1.82) is 0 Å². The number of hydrogen-bond donors (Lipinski definition) is 0. The largest absolute Gasteiger partial charge is 0.298 e. The summed E-state index contributed by atoms with van der Waals surface area (Å²) in [5.74, 6) is 0. The van der Waals surface area contributed by atoms with Crippen LogP contribution in [0.25, 0.3) is 0 Å². The second-order valence-corrected chi connectivity index (χ2v) is 4.86. The van der Waals surface area contributed by atoms with Gasteiger partial charge in [-0.2, -0.15) is 0 Å². The zero-order valence-electron chi connectivity index (χ0n) is 9.58. The quantitative estimate of drug-likeness (QED) is 0.658. The van der Waals surface area contributed by atoms with Crippen LogP contribution < -0.4 is 0 Å². The number of likely N-dealkylation sites (tertiary alicyclic amines) is 1. The van der Waals surface area contributed by atoms with E-state index in [-0.39, 0.29) is 0 Å². The Morgan fingerprint density at radius 1 is 0.857 bits per heavy atom. The van der Waals surface area contributed by atoms with Crippen LogP contribution in [-0.4, -0.2) is 66.7 Å². The standard InChI is InChI=1S/C11H23N3/c1-11(2)14-8-6-13(7-9-14)10-12-4-3-5-12/h11H,3-10H2,1-2H3. The average Bonchev–Trinajstić information content (AvgIpc) is 2.12. The van der Waals surface area contributed by atoms with Crippen LogP contribution in [-0.2, 0) is 0 Å². The number of nitrogens with zero attached hydrogens (tertiary/aromatic N) is 3. The van der Waals surface area contributed by atoms with Crippen LogP contribution in [0.5, 0.6) is 0 Å². The summed E-state index contributed by atoms with van der Waals surface area (Å²) in [6.07, 6.45) is 1.41. The van der Waals surface area contributed by atoms with Crippen LogP contribution in [0, 0.1) is 0 Å². The van der Waals surface area contributed by atoms with Crippen molar-refractivity contribution in [2.45, 2.75) is 26.3 Å². The molecule has 0 amide bonds. The van der Waals surface area contributed by atoms with E-state index in [4.69, 9.17) is 0 Å². The van der Waals surface area contributed by atoms with E-state index in [1.165, 1.54) is 52.4 Å². The molecule has 3 heteroatoms. The summed E-state index contributed by atoms with van der Waals surface area (Å²) in [5, 5.41) is 0. The lowest BCUT2D eigenvalue weighted by Gasteiger charge is -2.41. The maximum absolute atomic E-state index is 2.60. The molecule has 0 unspecified atom stereocenters. The lowest BCUT2D eigenvalue weighted by atomic mass is 10.2. The summed E-state index contributed by atoms with van der Waals surface area (Å²) in [5.41, 5.74) is 0. The van der Waals surface area contributed by atoms with Gasteiger partial charge in [-0.3, -0.25) is 14.7 Å². The number of rotatable bonds is 3. The van der Waals surface area contributed by atoms with E-state index in [2.05, 4.69) is 28.5 Å². The van der Waals surface area contributed by atoms with Crippen LogP contribution in [0.3, 0.4) is 0 Å². The van der Waals surface area contributed by atoms with Crippen molar-refractivity contribution in [3.8, 4) is 0 Å². The molecule has 0 aromatic heterocycles. The smallest absolute Gasteiger partial charge is 0.0507 e. The summed E-state index contributed by atoms with van der Waals surface area (Å²) in [4.78, 5) is 7.72. The molecule has 0 N–H and O–H groups in total. The van der Waals surface area contributed by atoms with E-state index in [9.17, 15) is 0 Å². The predicted molar refractivity (Wildman–Crippen MR) is 59.3 cm³/mol. The Bertz CT molecular complexity index is 169. The lowest BCUT2D eigenvalue weighted by Crippen LogP contribution is -2.53. The molecule has 0 saturated carbocycles.